The van der Waals surface area contributed by atoms with Gasteiger partial charge in [0.15, 0.2) is 10.8 Å². The second kappa shape index (κ2) is 5.84. The van der Waals surface area contributed by atoms with Crippen molar-refractivity contribution in [1.29, 1.82) is 0 Å². The molecule has 0 bridgehead atoms. The predicted octanol–water partition coefficient (Wildman–Crippen LogP) is 3.11. The van der Waals surface area contributed by atoms with E-state index in [-0.39, 0.29) is 5.69 Å². The van der Waals surface area contributed by atoms with E-state index in [9.17, 15) is 4.79 Å². The SMILES string of the molecule is Cc1ccccc1CCNc1nc(C(=O)O)c(C)s1. The third-order valence-corrected chi connectivity index (χ3v) is 3.86. The maximum atomic E-state index is 10.9. The van der Waals surface area contributed by atoms with E-state index in [1.807, 2.05) is 12.1 Å². The smallest absolute Gasteiger partial charge is 0.355 e. The van der Waals surface area contributed by atoms with Gasteiger partial charge in [-0.1, -0.05) is 24.3 Å². The molecule has 0 atom stereocenters. The monoisotopic (exact) mass is 276 g/mol. The van der Waals surface area contributed by atoms with Crippen LogP contribution >= 0.6 is 11.3 Å². The van der Waals surface area contributed by atoms with Crippen LogP contribution in [0.5, 0.6) is 0 Å². The molecule has 0 aliphatic heterocycles. The number of aromatic carboxylic acids is 1. The second-order valence-electron chi connectivity index (χ2n) is 4.33. The number of aromatic nitrogens is 1. The molecule has 100 valence electrons. The topological polar surface area (TPSA) is 62.2 Å². The Balaban J connectivity index is 1.95. The van der Waals surface area contributed by atoms with E-state index in [0.29, 0.717) is 5.13 Å². The van der Waals surface area contributed by atoms with Crippen LogP contribution < -0.4 is 5.32 Å². The van der Waals surface area contributed by atoms with Crippen molar-refractivity contribution < 1.29 is 9.90 Å². The summed E-state index contributed by atoms with van der Waals surface area (Å²) in [7, 11) is 0. The Kier molecular flexibility index (Phi) is 4.16. The molecule has 0 aliphatic carbocycles. The number of thiazole rings is 1. The molecule has 0 aliphatic rings. The van der Waals surface area contributed by atoms with Crippen LogP contribution in [0.3, 0.4) is 0 Å². The highest BCUT2D eigenvalue weighted by atomic mass is 32.1. The molecule has 1 aromatic carbocycles. The van der Waals surface area contributed by atoms with Crippen LogP contribution in [-0.4, -0.2) is 22.6 Å². The van der Waals surface area contributed by atoms with Crippen LogP contribution in [0.4, 0.5) is 5.13 Å². The molecular formula is C14H16N2O2S. The molecule has 0 fully saturated rings. The van der Waals surface area contributed by atoms with Gasteiger partial charge in [0, 0.05) is 11.4 Å². The minimum atomic E-state index is -0.972. The molecule has 0 radical (unpaired) electrons. The Morgan fingerprint density at radius 2 is 2.11 bits per heavy atom. The van der Waals surface area contributed by atoms with Crippen molar-refractivity contribution in [2.45, 2.75) is 20.3 Å². The van der Waals surface area contributed by atoms with Gasteiger partial charge < -0.3 is 10.4 Å². The zero-order valence-electron chi connectivity index (χ0n) is 10.9. The molecule has 0 saturated carbocycles. The van der Waals surface area contributed by atoms with Gasteiger partial charge in [-0.15, -0.1) is 11.3 Å². The average molecular weight is 276 g/mol. The summed E-state index contributed by atoms with van der Waals surface area (Å²) < 4.78 is 0. The lowest BCUT2D eigenvalue weighted by atomic mass is 10.1. The third kappa shape index (κ3) is 3.32. The van der Waals surface area contributed by atoms with Gasteiger partial charge in [-0.2, -0.15) is 0 Å². The Hall–Kier alpha value is -1.88. The van der Waals surface area contributed by atoms with Gasteiger partial charge >= 0.3 is 5.97 Å². The first-order chi connectivity index (χ1) is 9.08. The van der Waals surface area contributed by atoms with E-state index < -0.39 is 5.97 Å². The number of anilines is 1. The van der Waals surface area contributed by atoms with Crippen molar-refractivity contribution in [2.75, 3.05) is 11.9 Å². The summed E-state index contributed by atoms with van der Waals surface area (Å²) in [5, 5.41) is 12.8. The van der Waals surface area contributed by atoms with Gasteiger partial charge in [-0.05, 0) is 31.4 Å². The van der Waals surface area contributed by atoms with Crippen molar-refractivity contribution in [1.82, 2.24) is 4.98 Å². The average Bonchev–Trinajstić information content (AvgIpc) is 2.73. The lowest BCUT2D eigenvalue weighted by molar-refractivity contribution is 0.0690. The van der Waals surface area contributed by atoms with Gasteiger partial charge in [0.2, 0.25) is 0 Å². The zero-order valence-corrected chi connectivity index (χ0v) is 11.8. The van der Waals surface area contributed by atoms with Gasteiger partial charge in [0.1, 0.15) is 0 Å². The number of rotatable bonds is 5. The second-order valence-corrected chi connectivity index (χ2v) is 5.54. The van der Waals surface area contributed by atoms with E-state index in [1.165, 1.54) is 22.5 Å². The highest BCUT2D eigenvalue weighted by Crippen LogP contribution is 2.22. The van der Waals surface area contributed by atoms with Crippen molar-refractivity contribution in [3.05, 3.63) is 46.0 Å². The molecule has 0 unspecified atom stereocenters. The first kappa shape index (κ1) is 13.5. The summed E-state index contributed by atoms with van der Waals surface area (Å²) in [5.41, 5.74) is 2.70. The van der Waals surface area contributed by atoms with Crippen LogP contribution in [-0.2, 0) is 6.42 Å². The van der Waals surface area contributed by atoms with Gasteiger partial charge in [0.05, 0.1) is 0 Å². The standard InChI is InChI=1S/C14H16N2O2S/c1-9-5-3-4-6-11(9)7-8-15-14-16-12(13(17)18)10(2)19-14/h3-6H,7-8H2,1-2H3,(H,15,16)(H,17,18). The molecule has 2 rings (SSSR count). The lowest BCUT2D eigenvalue weighted by Gasteiger charge is -2.05. The molecule has 1 aromatic heterocycles. The molecule has 0 spiro atoms. The van der Waals surface area contributed by atoms with Crippen LogP contribution in [0.2, 0.25) is 0 Å². The minimum Gasteiger partial charge on any atom is -0.476 e. The Morgan fingerprint density at radius 3 is 2.74 bits per heavy atom. The summed E-state index contributed by atoms with van der Waals surface area (Å²) >= 11 is 1.38. The van der Waals surface area contributed by atoms with Crippen molar-refractivity contribution in [3.63, 3.8) is 0 Å². The van der Waals surface area contributed by atoms with Crippen molar-refractivity contribution in [2.24, 2.45) is 0 Å². The number of carbonyl (C=O) groups is 1. The molecule has 2 N–H and O–H groups in total. The molecule has 5 heteroatoms. The van der Waals surface area contributed by atoms with Gasteiger partial charge in [-0.3, -0.25) is 0 Å². The number of aryl methyl sites for hydroxylation is 2. The molecule has 4 nitrogen and oxygen atoms in total. The number of carboxylic acid groups (broad SMARTS) is 1. The lowest BCUT2D eigenvalue weighted by Crippen LogP contribution is -2.06. The Morgan fingerprint density at radius 1 is 1.37 bits per heavy atom. The molecule has 2 aromatic rings. The van der Waals surface area contributed by atoms with Crippen LogP contribution in [0.15, 0.2) is 24.3 Å². The van der Waals surface area contributed by atoms with Crippen LogP contribution in [0.25, 0.3) is 0 Å². The normalized spacial score (nSPS) is 10.4. The molecule has 1 heterocycles. The molecule has 0 amide bonds. The first-order valence-corrected chi connectivity index (χ1v) is 6.88. The molecule has 0 saturated heterocycles. The van der Waals surface area contributed by atoms with E-state index in [0.717, 1.165) is 17.8 Å². The van der Waals surface area contributed by atoms with Crippen LogP contribution in [0.1, 0.15) is 26.5 Å². The maximum absolute atomic E-state index is 10.9. The van der Waals surface area contributed by atoms with Crippen molar-refractivity contribution >= 4 is 22.4 Å². The van der Waals surface area contributed by atoms with E-state index in [2.05, 4.69) is 29.4 Å². The fourth-order valence-electron chi connectivity index (χ4n) is 1.87. The largest absolute Gasteiger partial charge is 0.476 e. The van der Waals surface area contributed by atoms with Crippen molar-refractivity contribution in [3.8, 4) is 0 Å². The zero-order chi connectivity index (χ0) is 13.8. The van der Waals surface area contributed by atoms with Gasteiger partial charge in [-0.25, -0.2) is 9.78 Å². The Bertz CT molecular complexity index is 593. The summed E-state index contributed by atoms with van der Waals surface area (Å²) in [5.74, 6) is -0.972. The summed E-state index contributed by atoms with van der Waals surface area (Å²) in [6.07, 6.45) is 0.897. The Labute approximate surface area is 116 Å². The maximum Gasteiger partial charge on any atom is 0.355 e. The number of nitrogens with one attached hydrogen (secondary N) is 1. The molecule has 19 heavy (non-hydrogen) atoms. The van der Waals surface area contributed by atoms with Gasteiger partial charge in [0.25, 0.3) is 0 Å². The van der Waals surface area contributed by atoms with E-state index in [1.54, 1.807) is 6.92 Å². The highest BCUT2D eigenvalue weighted by molar-refractivity contribution is 7.15. The predicted molar refractivity (Wildman–Crippen MR) is 77.2 cm³/mol. The number of hydrogen-bond donors (Lipinski definition) is 2. The highest BCUT2D eigenvalue weighted by Gasteiger charge is 2.13. The summed E-state index contributed by atoms with van der Waals surface area (Å²) in [6, 6.07) is 8.24. The van der Waals surface area contributed by atoms with E-state index in [4.69, 9.17) is 5.11 Å². The van der Waals surface area contributed by atoms with Crippen LogP contribution in [0, 0.1) is 13.8 Å². The number of carboxylic acids is 1. The first-order valence-electron chi connectivity index (χ1n) is 6.07. The number of nitrogens with zero attached hydrogens (tertiary/aromatic N) is 1. The third-order valence-electron chi connectivity index (χ3n) is 2.93. The fourth-order valence-corrected chi connectivity index (χ4v) is 2.70. The minimum absolute atomic E-state index is 0.142. The fraction of sp³-hybridized carbons (Fsp3) is 0.286. The summed E-state index contributed by atoms with van der Waals surface area (Å²) in [4.78, 5) is 15.7. The summed E-state index contributed by atoms with van der Waals surface area (Å²) in [6.45, 7) is 4.61. The quantitative estimate of drug-likeness (QED) is 0.880. The number of hydrogen-bond acceptors (Lipinski definition) is 4. The van der Waals surface area contributed by atoms with E-state index >= 15 is 0 Å². The number of benzene rings is 1. The molecular weight excluding hydrogens is 260 g/mol.